The van der Waals surface area contributed by atoms with Crippen LogP contribution < -0.4 is 0 Å². The molecule has 28 heavy (non-hydrogen) atoms. The minimum absolute atomic E-state index is 0.0139. The first-order chi connectivity index (χ1) is 13.1. The average molecular weight is 408 g/mol. The average Bonchev–Trinajstić information content (AvgIpc) is 3.31. The monoisotopic (exact) mass is 408 g/mol. The molecule has 0 radical (unpaired) electrons. The smallest absolute Gasteiger partial charge is 0.266 e. The number of hydrogen-bond donors (Lipinski definition) is 0. The van der Waals surface area contributed by atoms with Crippen LogP contribution in [-0.4, -0.2) is 33.8 Å². The predicted molar refractivity (Wildman–Crippen MR) is 100 cm³/mol. The van der Waals surface area contributed by atoms with Gasteiger partial charge in [-0.05, 0) is 53.8 Å². The van der Waals surface area contributed by atoms with E-state index in [0.29, 0.717) is 16.7 Å². The highest BCUT2D eigenvalue weighted by molar-refractivity contribution is 7.90. The molecule has 2 atom stereocenters. The molecule has 0 aromatic heterocycles. The van der Waals surface area contributed by atoms with Crippen LogP contribution in [0.15, 0.2) is 70.4 Å². The molecule has 3 aliphatic carbocycles. The lowest BCUT2D eigenvalue weighted by molar-refractivity contribution is -0.125. The molecule has 7 heteroatoms. The Balaban J connectivity index is 1.76. The number of sulfone groups is 1. The van der Waals surface area contributed by atoms with Crippen molar-refractivity contribution in [3.63, 3.8) is 0 Å². The topological polar surface area (TPSA) is 43.4 Å². The molecule has 1 aromatic carbocycles. The second-order valence-electron chi connectivity index (χ2n) is 7.51. The number of benzene rings is 1. The highest BCUT2D eigenvalue weighted by Gasteiger charge is 2.48. The standard InChI is InChI=1S/C21H19F3O3S/c1-27-21(24)8-7-15(18(22)19(21)23)17-12-20(9-10-20)11-16(17)13-3-5-14(6-4-13)28(2,25)26/h3-8,11-12,19H,9-10H2,1-2H3. The molecule has 148 valence electrons. The van der Waals surface area contributed by atoms with E-state index in [1.54, 1.807) is 12.1 Å². The summed E-state index contributed by atoms with van der Waals surface area (Å²) in [6.07, 6.45) is 6.33. The number of ether oxygens (including phenoxy) is 1. The van der Waals surface area contributed by atoms with Crippen molar-refractivity contribution < 1.29 is 26.3 Å². The zero-order valence-corrected chi connectivity index (χ0v) is 16.2. The van der Waals surface area contributed by atoms with E-state index in [-0.39, 0.29) is 15.9 Å². The van der Waals surface area contributed by atoms with Crippen molar-refractivity contribution in [2.45, 2.75) is 29.8 Å². The van der Waals surface area contributed by atoms with Crippen LogP contribution in [0.4, 0.5) is 13.2 Å². The van der Waals surface area contributed by atoms with E-state index in [9.17, 15) is 21.6 Å². The molecule has 1 saturated carbocycles. The zero-order valence-electron chi connectivity index (χ0n) is 15.4. The molecule has 1 fully saturated rings. The van der Waals surface area contributed by atoms with Crippen LogP contribution >= 0.6 is 0 Å². The minimum atomic E-state index is -3.34. The summed E-state index contributed by atoms with van der Waals surface area (Å²) < 4.78 is 71.2. The predicted octanol–water partition coefficient (Wildman–Crippen LogP) is 4.64. The summed E-state index contributed by atoms with van der Waals surface area (Å²) in [5.41, 5.74) is 1.65. The van der Waals surface area contributed by atoms with Crippen molar-refractivity contribution in [3.8, 4) is 0 Å². The van der Waals surface area contributed by atoms with Crippen molar-refractivity contribution in [2.75, 3.05) is 13.4 Å². The summed E-state index contributed by atoms with van der Waals surface area (Å²) in [5.74, 6) is -4.04. The van der Waals surface area contributed by atoms with Crippen LogP contribution in [0.3, 0.4) is 0 Å². The molecule has 0 bridgehead atoms. The molecule has 3 nitrogen and oxygen atoms in total. The van der Waals surface area contributed by atoms with Crippen molar-refractivity contribution in [1.82, 2.24) is 0 Å². The Hall–Kier alpha value is -2.12. The minimum Gasteiger partial charge on any atom is -0.343 e. The molecular weight excluding hydrogens is 389 g/mol. The number of methoxy groups -OCH3 is 1. The summed E-state index contributed by atoms with van der Waals surface area (Å²) in [6, 6.07) is 6.25. The number of allylic oxidation sites excluding steroid dienone is 6. The Bertz CT molecular complexity index is 1060. The van der Waals surface area contributed by atoms with E-state index < -0.39 is 27.7 Å². The van der Waals surface area contributed by atoms with Crippen LogP contribution in [0.1, 0.15) is 18.4 Å². The second kappa shape index (κ2) is 6.19. The first kappa shape index (κ1) is 19.2. The zero-order chi connectivity index (χ0) is 20.3. The maximum atomic E-state index is 14.7. The maximum Gasteiger partial charge on any atom is 0.266 e. The lowest BCUT2D eigenvalue weighted by atomic mass is 9.89. The second-order valence-corrected chi connectivity index (χ2v) is 9.52. The molecule has 1 spiro atoms. The van der Waals surface area contributed by atoms with Gasteiger partial charge in [0.2, 0.25) is 6.17 Å². The van der Waals surface area contributed by atoms with Gasteiger partial charge >= 0.3 is 0 Å². The molecule has 0 saturated heterocycles. The lowest BCUT2D eigenvalue weighted by Gasteiger charge is -2.28. The first-order valence-corrected chi connectivity index (χ1v) is 10.7. The molecule has 1 aromatic rings. The van der Waals surface area contributed by atoms with Gasteiger partial charge in [0.05, 0.1) is 4.90 Å². The van der Waals surface area contributed by atoms with E-state index in [2.05, 4.69) is 4.74 Å². The third-order valence-corrected chi connectivity index (χ3v) is 6.61. The largest absolute Gasteiger partial charge is 0.343 e. The Kier molecular flexibility index (Phi) is 4.25. The Morgan fingerprint density at radius 3 is 2.25 bits per heavy atom. The summed E-state index contributed by atoms with van der Waals surface area (Å²) in [4.78, 5) is 0.176. The Morgan fingerprint density at radius 2 is 1.71 bits per heavy atom. The van der Waals surface area contributed by atoms with Gasteiger partial charge in [0.15, 0.2) is 9.84 Å². The van der Waals surface area contributed by atoms with Crippen molar-refractivity contribution >= 4 is 15.4 Å². The normalized spacial score (nSPS) is 28.5. The van der Waals surface area contributed by atoms with E-state index in [0.717, 1.165) is 32.3 Å². The fraction of sp³-hybridized carbons (Fsp3) is 0.333. The maximum absolute atomic E-state index is 14.7. The molecular formula is C21H19F3O3S. The Labute approximate surface area is 161 Å². The molecule has 4 rings (SSSR count). The third kappa shape index (κ3) is 3.06. The van der Waals surface area contributed by atoms with Crippen molar-refractivity contribution in [2.24, 2.45) is 5.41 Å². The summed E-state index contributed by atoms with van der Waals surface area (Å²) in [5, 5.41) is 0. The number of rotatable bonds is 4. The first-order valence-electron chi connectivity index (χ1n) is 8.83. The molecule has 0 aliphatic heterocycles. The summed E-state index contributed by atoms with van der Waals surface area (Å²) in [7, 11) is -2.36. The Morgan fingerprint density at radius 1 is 1.11 bits per heavy atom. The van der Waals surface area contributed by atoms with Crippen LogP contribution in [0.5, 0.6) is 0 Å². The van der Waals surface area contributed by atoms with Crippen LogP contribution in [0, 0.1) is 5.41 Å². The SMILES string of the molecule is COC1(F)C=CC(C2=CC3(C=C2c2ccc(S(C)(=O)=O)cc2)CC3)=C(F)C1F. The number of hydrogen-bond acceptors (Lipinski definition) is 3. The van der Waals surface area contributed by atoms with E-state index in [1.165, 1.54) is 18.2 Å². The van der Waals surface area contributed by atoms with Gasteiger partial charge in [-0.1, -0.05) is 24.3 Å². The highest BCUT2D eigenvalue weighted by atomic mass is 32.2. The molecule has 2 unspecified atom stereocenters. The van der Waals surface area contributed by atoms with Crippen LogP contribution in [0.2, 0.25) is 0 Å². The van der Waals surface area contributed by atoms with Gasteiger partial charge in [-0.25, -0.2) is 21.6 Å². The van der Waals surface area contributed by atoms with Gasteiger partial charge in [-0.2, -0.15) is 0 Å². The number of alkyl halides is 2. The van der Waals surface area contributed by atoms with Crippen molar-refractivity contribution in [1.29, 1.82) is 0 Å². The molecule has 0 heterocycles. The molecule has 0 amide bonds. The van der Waals surface area contributed by atoms with Gasteiger partial charge in [0, 0.05) is 24.4 Å². The van der Waals surface area contributed by atoms with Crippen LogP contribution in [-0.2, 0) is 14.6 Å². The quantitative estimate of drug-likeness (QED) is 0.729. The summed E-state index contributed by atoms with van der Waals surface area (Å²) in [6.45, 7) is 0. The van der Waals surface area contributed by atoms with E-state index in [4.69, 9.17) is 0 Å². The van der Waals surface area contributed by atoms with Gasteiger partial charge in [0.25, 0.3) is 5.85 Å². The fourth-order valence-corrected chi connectivity index (χ4v) is 4.24. The van der Waals surface area contributed by atoms with E-state index >= 15 is 0 Å². The molecule has 0 N–H and O–H groups in total. The molecule has 3 aliphatic rings. The summed E-state index contributed by atoms with van der Waals surface area (Å²) >= 11 is 0. The highest BCUT2D eigenvalue weighted by Crippen LogP contribution is 2.57. The van der Waals surface area contributed by atoms with Gasteiger partial charge in [-0.3, -0.25) is 0 Å². The number of halogens is 3. The van der Waals surface area contributed by atoms with Crippen LogP contribution in [0.25, 0.3) is 5.57 Å². The lowest BCUT2D eigenvalue weighted by Crippen LogP contribution is -2.37. The van der Waals surface area contributed by atoms with Gasteiger partial charge < -0.3 is 4.74 Å². The van der Waals surface area contributed by atoms with Gasteiger partial charge in [-0.15, -0.1) is 0 Å². The van der Waals surface area contributed by atoms with E-state index in [1.807, 2.05) is 12.2 Å². The van der Waals surface area contributed by atoms with Gasteiger partial charge in [0.1, 0.15) is 5.83 Å². The van der Waals surface area contributed by atoms with Crippen molar-refractivity contribution in [3.05, 3.63) is 71.1 Å². The third-order valence-electron chi connectivity index (χ3n) is 5.48. The fourth-order valence-electron chi connectivity index (χ4n) is 3.61.